The van der Waals surface area contributed by atoms with Crippen LogP contribution in [0.1, 0.15) is 25.7 Å². The third-order valence-corrected chi connectivity index (χ3v) is 3.97. The first-order valence-electron chi connectivity index (χ1n) is 5.51. The number of carbonyl (C=O) groups excluding carboxylic acids is 1. The van der Waals surface area contributed by atoms with Crippen molar-refractivity contribution < 1.29 is 9.00 Å². The lowest BCUT2D eigenvalue weighted by Gasteiger charge is -2.22. The minimum Gasteiger partial charge on any atom is -0.353 e. The molecule has 88 valence electrons. The molecule has 4 nitrogen and oxygen atoms in total. The van der Waals surface area contributed by atoms with Crippen LogP contribution in [0, 0.1) is 0 Å². The number of hydrogen-bond donors (Lipinski definition) is 2. The van der Waals surface area contributed by atoms with Crippen molar-refractivity contribution in [1.82, 2.24) is 10.6 Å². The van der Waals surface area contributed by atoms with E-state index in [2.05, 4.69) is 10.6 Å². The maximum absolute atomic E-state index is 11.5. The molecule has 1 fully saturated rings. The maximum atomic E-state index is 11.5. The predicted octanol–water partition coefficient (Wildman–Crippen LogP) is 0.0133. The Bertz CT molecular complexity index is 223. The zero-order valence-corrected chi connectivity index (χ0v) is 10.1. The second kappa shape index (κ2) is 6.95. The average molecular weight is 232 g/mol. The van der Waals surface area contributed by atoms with Gasteiger partial charge >= 0.3 is 0 Å². The van der Waals surface area contributed by atoms with Crippen LogP contribution >= 0.6 is 0 Å². The average Bonchev–Trinajstić information content (AvgIpc) is 2.22. The van der Waals surface area contributed by atoms with Crippen molar-refractivity contribution >= 4 is 16.7 Å². The first kappa shape index (κ1) is 12.6. The van der Waals surface area contributed by atoms with Gasteiger partial charge < -0.3 is 10.6 Å². The molecule has 1 aliphatic heterocycles. The van der Waals surface area contributed by atoms with Gasteiger partial charge in [-0.25, -0.2) is 0 Å². The van der Waals surface area contributed by atoms with E-state index in [0.29, 0.717) is 6.42 Å². The molecule has 0 spiro atoms. The topological polar surface area (TPSA) is 58.2 Å². The van der Waals surface area contributed by atoms with Crippen molar-refractivity contribution in [2.24, 2.45) is 0 Å². The summed E-state index contributed by atoms with van der Waals surface area (Å²) in [5.41, 5.74) is 0. The van der Waals surface area contributed by atoms with Crippen LogP contribution in [0.3, 0.4) is 0 Å². The summed E-state index contributed by atoms with van der Waals surface area (Å²) in [4.78, 5) is 11.5. The number of carbonyl (C=O) groups is 1. The molecule has 0 bridgehead atoms. The Kier molecular flexibility index (Phi) is 5.86. The Hall–Kier alpha value is -0.420. The summed E-state index contributed by atoms with van der Waals surface area (Å²) < 4.78 is 11.1. The Balaban J connectivity index is 2.12. The molecule has 0 radical (unpaired) electrons. The SMILES string of the molecule is CNCCCC(=O)NC1CCS(=O)CC1. The smallest absolute Gasteiger partial charge is 0.220 e. The van der Waals surface area contributed by atoms with Crippen LogP contribution in [-0.2, 0) is 15.6 Å². The molecule has 0 aromatic rings. The van der Waals surface area contributed by atoms with Gasteiger partial charge in [-0.1, -0.05) is 0 Å². The van der Waals surface area contributed by atoms with Crippen molar-refractivity contribution in [3.63, 3.8) is 0 Å². The molecule has 0 aliphatic carbocycles. The number of rotatable bonds is 5. The summed E-state index contributed by atoms with van der Waals surface area (Å²) in [7, 11) is 1.24. The van der Waals surface area contributed by atoms with Crippen LogP contribution in [-0.4, -0.2) is 41.3 Å². The molecule has 1 rings (SSSR count). The van der Waals surface area contributed by atoms with E-state index in [1.807, 2.05) is 7.05 Å². The molecule has 0 atom stereocenters. The summed E-state index contributed by atoms with van der Waals surface area (Å²) in [5, 5.41) is 6.01. The van der Waals surface area contributed by atoms with Crippen LogP contribution in [0.4, 0.5) is 0 Å². The number of amides is 1. The first-order chi connectivity index (χ1) is 7.22. The van der Waals surface area contributed by atoms with Gasteiger partial charge in [0.15, 0.2) is 0 Å². The van der Waals surface area contributed by atoms with Gasteiger partial charge in [0.25, 0.3) is 0 Å². The van der Waals surface area contributed by atoms with Crippen molar-refractivity contribution in [1.29, 1.82) is 0 Å². The van der Waals surface area contributed by atoms with E-state index < -0.39 is 10.8 Å². The van der Waals surface area contributed by atoms with E-state index >= 15 is 0 Å². The number of hydrogen-bond acceptors (Lipinski definition) is 3. The third kappa shape index (κ3) is 5.28. The van der Waals surface area contributed by atoms with Crippen LogP contribution in [0.15, 0.2) is 0 Å². The summed E-state index contributed by atoms with van der Waals surface area (Å²) in [5.74, 6) is 1.60. The largest absolute Gasteiger partial charge is 0.353 e. The van der Waals surface area contributed by atoms with Gasteiger partial charge in [0.05, 0.1) is 0 Å². The second-order valence-electron chi connectivity index (χ2n) is 3.90. The molecule has 5 heteroatoms. The van der Waals surface area contributed by atoms with Gasteiger partial charge in [-0.15, -0.1) is 0 Å². The quantitative estimate of drug-likeness (QED) is 0.657. The third-order valence-electron chi connectivity index (χ3n) is 2.58. The Morgan fingerprint density at radius 1 is 1.40 bits per heavy atom. The lowest BCUT2D eigenvalue weighted by molar-refractivity contribution is -0.121. The van der Waals surface area contributed by atoms with Crippen LogP contribution in [0.25, 0.3) is 0 Å². The molecular formula is C10H20N2O2S. The zero-order valence-electron chi connectivity index (χ0n) is 9.25. The standard InChI is InChI=1S/C10H20N2O2S/c1-11-6-2-3-10(13)12-9-4-7-15(14)8-5-9/h9,11H,2-8H2,1H3,(H,12,13). The minimum absolute atomic E-state index is 0.128. The monoisotopic (exact) mass is 232 g/mol. The molecule has 0 aromatic carbocycles. The summed E-state index contributed by atoms with van der Waals surface area (Å²) in [6, 6.07) is 0.254. The molecule has 1 heterocycles. The van der Waals surface area contributed by atoms with E-state index in [1.54, 1.807) is 0 Å². The van der Waals surface area contributed by atoms with Gasteiger partial charge in [0.1, 0.15) is 0 Å². The van der Waals surface area contributed by atoms with Crippen molar-refractivity contribution in [2.45, 2.75) is 31.7 Å². The predicted molar refractivity (Wildman–Crippen MR) is 62.2 cm³/mol. The van der Waals surface area contributed by atoms with Crippen LogP contribution < -0.4 is 10.6 Å². The molecule has 2 N–H and O–H groups in total. The van der Waals surface area contributed by atoms with Crippen molar-refractivity contribution in [3.05, 3.63) is 0 Å². The van der Waals surface area contributed by atoms with Gasteiger partial charge in [-0.2, -0.15) is 0 Å². The highest BCUT2D eigenvalue weighted by Crippen LogP contribution is 2.09. The highest BCUT2D eigenvalue weighted by Gasteiger charge is 2.18. The summed E-state index contributed by atoms with van der Waals surface area (Å²) in [6.07, 6.45) is 3.19. The van der Waals surface area contributed by atoms with E-state index in [0.717, 1.165) is 37.3 Å². The Labute approximate surface area is 93.7 Å². The minimum atomic E-state index is -0.644. The zero-order chi connectivity index (χ0) is 11.1. The van der Waals surface area contributed by atoms with Crippen molar-refractivity contribution in [2.75, 3.05) is 25.1 Å². The van der Waals surface area contributed by atoms with Crippen LogP contribution in [0.5, 0.6) is 0 Å². The fraction of sp³-hybridized carbons (Fsp3) is 0.900. The van der Waals surface area contributed by atoms with Crippen LogP contribution in [0.2, 0.25) is 0 Å². The molecule has 1 amide bonds. The van der Waals surface area contributed by atoms with E-state index in [-0.39, 0.29) is 11.9 Å². The molecule has 15 heavy (non-hydrogen) atoms. The maximum Gasteiger partial charge on any atom is 0.220 e. The molecule has 0 aromatic heterocycles. The van der Waals surface area contributed by atoms with Gasteiger partial charge in [-0.05, 0) is 32.9 Å². The fourth-order valence-corrected chi connectivity index (χ4v) is 2.96. The lowest BCUT2D eigenvalue weighted by Crippen LogP contribution is -2.39. The first-order valence-corrected chi connectivity index (χ1v) is 7.00. The van der Waals surface area contributed by atoms with E-state index in [1.165, 1.54) is 0 Å². The lowest BCUT2D eigenvalue weighted by atomic mass is 10.1. The molecular weight excluding hydrogens is 212 g/mol. The van der Waals surface area contributed by atoms with Gasteiger partial charge in [0.2, 0.25) is 5.91 Å². The summed E-state index contributed by atoms with van der Waals surface area (Å²) >= 11 is 0. The Morgan fingerprint density at radius 3 is 2.67 bits per heavy atom. The highest BCUT2D eigenvalue weighted by molar-refractivity contribution is 7.85. The Morgan fingerprint density at radius 2 is 2.07 bits per heavy atom. The number of nitrogens with one attached hydrogen (secondary N) is 2. The highest BCUT2D eigenvalue weighted by atomic mass is 32.2. The molecule has 1 aliphatic rings. The molecule has 0 unspecified atom stereocenters. The van der Waals surface area contributed by atoms with Gasteiger partial charge in [-0.3, -0.25) is 9.00 Å². The van der Waals surface area contributed by atoms with E-state index in [4.69, 9.17) is 0 Å². The van der Waals surface area contributed by atoms with Gasteiger partial charge in [0, 0.05) is 34.8 Å². The van der Waals surface area contributed by atoms with Crippen molar-refractivity contribution in [3.8, 4) is 0 Å². The fourth-order valence-electron chi connectivity index (χ4n) is 1.66. The summed E-state index contributed by atoms with van der Waals surface area (Å²) in [6.45, 7) is 0.877. The second-order valence-corrected chi connectivity index (χ2v) is 5.59. The normalized spacial score (nSPS) is 26.2. The molecule has 1 saturated heterocycles. The van der Waals surface area contributed by atoms with E-state index in [9.17, 15) is 9.00 Å². The molecule has 0 saturated carbocycles.